The molecule has 0 saturated carbocycles. The van der Waals surface area contributed by atoms with Crippen molar-refractivity contribution >= 4 is 29.1 Å². The maximum absolute atomic E-state index is 13.1. The number of nitrogens with zero attached hydrogens (tertiary/aromatic N) is 2. The second kappa shape index (κ2) is 9.91. The van der Waals surface area contributed by atoms with Crippen LogP contribution >= 0.6 is 0 Å². The second-order valence-electron chi connectivity index (χ2n) is 8.93. The molecule has 0 aromatic heterocycles. The van der Waals surface area contributed by atoms with Gasteiger partial charge in [-0.05, 0) is 54.8 Å². The number of hydrogen-bond acceptors (Lipinski definition) is 3. The van der Waals surface area contributed by atoms with Gasteiger partial charge in [-0.15, -0.1) is 0 Å². The first kappa shape index (κ1) is 23.2. The van der Waals surface area contributed by atoms with Crippen molar-refractivity contribution < 1.29 is 14.4 Å². The monoisotopic (exact) mass is 455 g/mol. The lowest BCUT2D eigenvalue weighted by Crippen LogP contribution is -2.30. The van der Waals surface area contributed by atoms with Crippen molar-refractivity contribution in [2.75, 3.05) is 23.8 Å². The lowest BCUT2D eigenvalue weighted by Gasteiger charge is -2.20. The Morgan fingerprint density at radius 2 is 1.62 bits per heavy atom. The summed E-state index contributed by atoms with van der Waals surface area (Å²) in [6.07, 6.45) is 0.142. The fraction of sp³-hybridized carbons (Fsp3) is 0.250. The summed E-state index contributed by atoms with van der Waals surface area (Å²) in [6, 6.07) is 22.7. The predicted molar refractivity (Wildman–Crippen MR) is 134 cm³/mol. The fourth-order valence-corrected chi connectivity index (χ4v) is 4.39. The summed E-state index contributed by atoms with van der Waals surface area (Å²) in [5.41, 5.74) is 4.86. The van der Waals surface area contributed by atoms with Crippen molar-refractivity contribution in [3.05, 3.63) is 95.1 Å². The number of rotatable bonds is 6. The highest BCUT2D eigenvalue weighted by Gasteiger charge is 2.35. The quantitative estimate of drug-likeness (QED) is 0.592. The van der Waals surface area contributed by atoms with Crippen molar-refractivity contribution in [2.45, 2.75) is 26.8 Å². The van der Waals surface area contributed by atoms with E-state index in [1.54, 1.807) is 41.1 Å². The van der Waals surface area contributed by atoms with E-state index >= 15 is 0 Å². The number of aryl methyl sites for hydroxylation is 2. The molecule has 3 aromatic carbocycles. The molecular weight excluding hydrogens is 426 g/mol. The number of carbonyl (C=O) groups is 3. The maximum Gasteiger partial charge on any atom is 0.256 e. The van der Waals surface area contributed by atoms with Gasteiger partial charge in [0.2, 0.25) is 11.8 Å². The predicted octanol–water partition coefficient (Wildman–Crippen LogP) is 4.57. The van der Waals surface area contributed by atoms with Crippen LogP contribution in [-0.4, -0.2) is 36.2 Å². The zero-order valence-corrected chi connectivity index (χ0v) is 19.7. The molecule has 0 aliphatic carbocycles. The summed E-state index contributed by atoms with van der Waals surface area (Å²) < 4.78 is 0. The maximum atomic E-state index is 13.1. The van der Waals surface area contributed by atoms with Crippen molar-refractivity contribution in [2.24, 2.45) is 5.92 Å². The molecule has 6 heteroatoms. The zero-order valence-electron chi connectivity index (χ0n) is 19.7. The summed E-state index contributed by atoms with van der Waals surface area (Å²) in [6.45, 7) is 4.76. The molecule has 0 bridgehead atoms. The van der Waals surface area contributed by atoms with Crippen LogP contribution in [0.15, 0.2) is 72.8 Å². The van der Waals surface area contributed by atoms with Gasteiger partial charge < -0.3 is 15.1 Å². The van der Waals surface area contributed by atoms with Gasteiger partial charge in [-0.1, -0.05) is 48.5 Å². The highest BCUT2D eigenvalue weighted by Crippen LogP contribution is 2.28. The summed E-state index contributed by atoms with van der Waals surface area (Å²) in [4.78, 5) is 42.2. The van der Waals surface area contributed by atoms with Gasteiger partial charge in [-0.3, -0.25) is 14.4 Å². The minimum absolute atomic E-state index is 0.0721. The number of nitrogens with one attached hydrogen (secondary N) is 1. The molecule has 3 aromatic rings. The number of hydrogen-bond donors (Lipinski definition) is 1. The van der Waals surface area contributed by atoms with E-state index in [1.807, 2.05) is 56.3 Å². The second-order valence-corrected chi connectivity index (χ2v) is 8.93. The molecule has 4 rings (SSSR count). The van der Waals surface area contributed by atoms with Crippen LogP contribution in [0, 0.1) is 19.8 Å². The molecule has 1 unspecified atom stereocenters. The molecule has 1 fully saturated rings. The molecule has 6 nitrogen and oxygen atoms in total. The van der Waals surface area contributed by atoms with Gasteiger partial charge in [0.15, 0.2) is 0 Å². The van der Waals surface area contributed by atoms with Crippen LogP contribution in [-0.2, 0) is 16.1 Å². The van der Waals surface area contributed by atoms with E-state index < -0.39 is 5.92 Å². The highest BCUT2D eigenvalue weighted by atomic mass is 16.2. The van der Waals surface area contributed by atoms with Crippen molar-refractivity contribution in [3.8, 4) is 0 Å². The SMILES string of the molecule is Cc1cc(C)cc(N2CC(C(=O)Nc3ccccc3C(=O)N(C)Cc3ccccc3)CC2=O)c1. The van der Waals surface area contributed by atoms with E-state index in [2.05, 4.69) is 11.4 Å². The Bertz CT molecular complexity index is 1200. The van der Waals surface area contributed by atoms with Gasteiger partial charge in [0.25, 0.3) is 5.91 Å². The molecule has 1 atom stereocenters. The summed E-state index contributed by atoms with van der Waals surface area (Å²) in [5.74, 6) is -0.999. The van der Waals surface area contributed by atoms with E-state index in [0.717, 1.165) is 22.4 Å². The number of amides is 3. The minimum atomic E-state index is -0.487. The van der Waals surface area contributed by atoms with Crippen LogP contribution in [0.25, 0.3) is 0 Å². The van der Waals surface area contributed by atoms with E-state index in [-0.39, 0.29) is 24.1 Å². The lowest BCUT2D eigenvalue weighted by molar-refractivity contribution is -0.122. The van der Waals surface area contributed by atoms with Crippen LogP contribution in [0.4, 0.5) is 11.4 Å². The van der Waals surface area contributed by atoms with Gasteiger partial charge >= 0.3 is 0 Å². The number of benzene rings is 3. The molecule has 3 amide bonds. The Balaban J connectivity index is 1.46. The van der Waals surface area contributed by atoms with Crippen LogP contribution in [0.2, 0.25) is 0 Å². The van der Waals surface area contributed by atoms with E-state index in [1.165, 1.54) is 0 Å². The van der Waals surface area contributed by atoms with E-state index in [4.69, 9.17) is 0 Å². The third-order valence-electron chi connectivity index (χ3n) is 6.04. The first-order valence-corrected chi connectivity index (χ1v) is 11.4. The highest BCUT2D eigenvalue weighted by molar-refractivity contribution is 6.07. The molecule has 1 saturated heterocycles. The first-order chi connectivity index (χ1) is 16.3. The summed E-state index contributed by atoms with van der Waals surface area (Å²) >= 11 is 0. The topological polar surface area (TPSA) is 69.7 Å². The first-order valence-electron chi connectivity index (χ1n) is 11.4. The third kappa shape index (κ3) is 5.17. The van der Waals surface area contributed by atoms with Gasteiger partial charge in [-0.25, -0.2) is 0 Å². The average molecular weight is 456 g/mol. The van der Waals surface area contributed by atoms with Crippen LogP contribution in [0.5, 0.6) is 0 Å². The third-order valence-corrected chi connectivity index (χ3v) is 6.04. The van der Waals surface area contributed by atoms with Crippen LogP contribution in [0.3, 0.4) is 0 Å². The molecular formula is C28H29N3O3. The number of para-hydroxylation sites is 1. The summed E-state index contributed by atoms with van der Waals surface area (Å²) in [7, 11) is 1.74. The van der Waals surface area contributed by atoms with Gasteiger partial charge in [0, 0.05) is 32.2 Å². The molecule has 1 N–H and O–H groups in total. The zero-order chi connectivity index (χ0) is 24.2. The van der Waals surface area contributed by atoms with Crippen molar-refractivity contribution in [3.63, 3.8) is 0 Å². The van der Waals surface area contributed by atoms with Crippen LogP contribution in [0.1, 0.15) is 33.5 Å². The molecule has 1 heterocycles. The molecule has 0 radical (unpaired) electrons. The molecule has 34 heavy (non-hydrogen) atoms. The Kier molecular flexibility index (Phi) is 6.77. The average Bonchev–Trinajstić information content (AvgIpc) is 3.21. The van der Waals surface area contributed by atoms with E-state index in [0.29, 0.717) is 24.3 Å². The lowest BCUT2D eigenvalue weighted by atomic mass is 10.1. The number of carbonyl (C=O) groups excluding carboxylic acids is 3. The smallest absolute Gasteiger partial charge is 0.256 e. The molecule has 1 aliphatic rings. The molecule has 0 spiro atoms. The normalized spacial score (nSPS) is 15.3. The molecule has 1 aliphatic heterocycles. The standard InChI is InChI=1S/C28H29N3O3/c1-19-13-20(2)15-23(14-19)31-18-22(16-26(31)32)27(33)29-25-12-8-7-11-24(25)28(34)30(3)17-21-9-5-4-6-10-21/h4-15,22H,16-18H2,1-3H3,(H,29,33). The van der Waals surface area contributed by atoms with Crippen molar-refractivity contribution in [1.29, 1.82) is 0 Å². The Labute approximate surface area is 200 Å². The Morgan fingerprint density at radius 1 is 0.971 bits per heavy atom. The summed E-state index contributed by atoms with van der Waals surface area (Å²) in [5, 5.41) is 2.90. The van der Waals surface area contributed by atoms with E-state index in [9.17, 15) is 14.4 Å². The van der Waals surface area contributed by atoms with Gasteiger partial charge in [0.05, 0.1) is 17.2 Å². The minimum Gasteiger partial charge on any atom is -0.337 e. The largest absolute Gasteiger partial charge is 0.337 e. The Hall–Kier alpha value is -3.93. The fourth-order valence-electron chi connectivity index (χ4n) is 4.39. The van der Waals surface area contributed by atoms with Gasteiger partial charge in [-0.2, -0.15) is 0 Å². The molecule has 174 valence electrons. The Morgan fingerprint density at radius 3 is 2.32 bits per heavy atom. The van der Waals surface area contributed by atoms with Crippen molar-refractivity contribution in [1.82, 2.24) is 4.90 Å². The van der Waals surface area contributed by atoms with Crippen LogP contribution < -0.4 is 10.2 Å². The number of anilines is 2. The van der Waals surface area contributed by atoms with Gasteiger partial charge in [0.1, 0.15) is 0 Å².